The summed E-state index contributed by atoms with van der Waals surface area (Å²) in [6.07, 6.45) is 2.66. The van der Waals surface area contributed by atoms with Crippen LogP contribution in [0.15, 0.2) is 30.5 Å². The Morgan fingerprint density at radius 3 is 2.95 bits per heavy atom. The molecule has 102 valence electrons. The molecule has 0 bridgehead atoms. The molecule has 3 aromatic rings. The molecule has 0 aliphatic carbocycles. The third-order valence-corrected chi connectivity index (χ3v) is 3.99. The summed E-state index contributed by atoms with van der Waals surface area (Å²) in [7, 11) is 1.78. The van der Waals surface area contributed by atoms with Crippen molar-refractivity contribution in [2.45, 2.75) is 13.3 Å². The molecule has 20 heavy (non-hydrogen) atoms. The SMILES string of the molecule is CCc1cccc2sc(NC(=O)c3ccn(C)n3)nc12. The van der Waals surface area contributed by atoms with Crippen LogP contribution in [0.4, 0.5) is 5.13 Å². The zero-order valence-corrected chi connectivity index (χ0v) is 12.1. The number of para-hydroxylation sites is 1. The number of benzene rings is 1. The molecule has 0 unspecified atom stereocenters. The average Bonchev–Trinajstić information content (AvgIpc) is 3.03. The summed E-state index contributed by atoms with van der Waals surface area (Å²) in [4.78, 5) is 16.5. The Morgan fingerprint density at radius 2 is 2.25 bits per heavy atom. The van der Waals surface area contributed by atoms with E-state index in [-0.39, 0.29) is 5.91 Å². The van der Waals surface area contributed by atoms with E-state index in [1.807, 2.05) is 12.1 Å². The van der Waals surface area contributed by atoms with Crippen LogP contribution in [-0.4, -0.2) is 20.7 Å². The van der Waals surface area contributed by atoms with Crippen molar-refractivity contribution in [2.75, 3.05) is 5.32 Å². The molecule has 0 aliphatic rings. The largest absolute Gasteiger partial charge is 0.296 e. The van der Waals surface area contributed by atoms with E-state index in [1.165, 1.54) is 16.9 Å². The van der Waals surface area contributed by atoms with Crippen LogP contribution in [0, 0.1) is 0 Å². The van der Waals surface area contributed by atoms with Gasteiger partial charge >= 0.3 is 0 Å². The highest BCUT2D eigenvalue weighted by atomic mass is 32.1. The second-order valence-electron chi connectivity index (χ2n) is 4.47. The average molecular weight is 286 g/mol. The first-order valence-electron chi connectivity index (χ1n) is 6.37. The van der Waals surface area contributed by atoms with E-state index in [1.54, 1.807) is 24.0 Å². The Morgan fingerprint density at radius 1 is 1.40 bits per heavy atom. The maximum atomic E-state index is 12.0. The topological polar surface area (TPSA) is 59.8 Å². The summed E-state index contributed by atoms with van der Waals surface area (Å²) in [5.41, 5.74) is 2.55. The maximum Gasteiger partial charge on any atom is 0.277 e. The number of fused-ring (bicyclic) bond motifs is 1. The smallest absolute Gasteiger partial charge is 0.277 e. The van der Waals surface area contributed by atoms with Crippen molar-refractivity contribution in [3.8, 4) is 0 Å². The number of carbonyl (C=O) groups is 1. The van der Waals surface area contributed by atoms with Gasteiger partial charge in [-0.2, -0.15) is 5.10 Å². The van der Waals surface area contributed by atoms with Gasteiger partial charge in [-0.3, -0.25) is 14.8 Å². The van der Waals surface area contributed by atoms with Gasteiger partial charge in [-0.25, -0.2) is 4.98 Å². The first-order chi connectivity index (χ1) is 9.67. The van der Waals surface area contributed by atoms with Crippen molar-refractivity contribution in [3.63, 3.8) is 0 Å². The van der Waals surface area contributed by atoms with E-state index >= 15 is 0 Å². The van der Waals surface area contributed by atoms with Gasteiger partial charge in [-0.1, -0.05) is 30.4 Å². The van der Waals surface area contributed by atoms with Gasteiger partial charge in [0.1, 0.15) is 0 Å². The van der Waals surface area contributed by atoms with E-state index in [0.717, 1.165) is 16.6 Å². The Balaban J connectivity index is 1.89. The predicted octanol–water partition coefficient (Wildman–Crippen LogP) is 2.84. The van der Waals surface area contributed by atoms with Crippen LogP contribution < -0.4 is 5.32 Å². The van der Waals surface area contributed by atoms with Crippen molar-refractivity contribution in [3.05, 3.63) is 41.7 Å². The molecule has 0 aliphatic heterocycles. The number of nitrogens with zero attached hydrogens (tertiary/aromatic N) is 3. The predicted molar refractivity (Wildman–Crippen MR) is 80.2 cm³/mol. The molecule has 0 spiro atoms. The molecule has 0 saturated carbocycles. The molecule has 0 radical (unpaired) electrons. The lowest BCUT2D eigenvalue weighted by Gasteiger charge is -1.97. The molecule has 0 fully saturated rings. The second kappa shape index (κ2) is 5.05. The summed E-state index contributed by atoms with van der Waals surface area (Å²) in [6.45, 7) is 2.10. The molecule has 3 rings (SSSR count). The Labute approximate surface area is 120 Å². The molecule has 2 aromatic heterocycles. The van der Waals surface area contributed by atoms with Crippen molar-refractivity contribution in [2.24, 2.45) is 7.05 Å². The summed E-state index contributed by atoms with van der Waals surface area (Å²) in [5.74, 6) is -0.234. The lowest BCUT2D eigenvalue weighted by molar-refractivity contribution is 0.102. The first kappa shape index (κ1) is 12.8. The van der Waals surface area contributed by atoms with E-state index in [0.29, 0.717) is 10.8 Å². The summed E-state index contributed by atoms with van der Waals surface area (Å²) in [5, 5.41) is 7.49. The number of hydrogen-bond acceptors (Lipinski definition) is 4. The highest BCUT2D eigenvalue weighted by Crippen LogP contribution is 2.28. The first-order valence-corrected chi connectivity index (χ1v) is 7.18. The molecule has 1 N–H and O–H groups in total. The van der Waals surface area contributed by atoms with E-state index < -0.39 is 0 Å². The number of rotatable bonds is 3. The monoisotopic (exact) mass is 286 g/mol. The maximum absolute atomic E-state index is 12.0. The number of hydrogen-bond donors (Lipinski definition) is 1. The van der Waals surface area contributed by atoms with Crippen LogP contribution in [0.5, 0.6) is 0 Å². The van der Waals surface area contributed by atoms with Crippen LogP contribution in [0.25, 0.3) is 10.2 Å². The molecule has 1 aromatic carbocycles. The van der Waals surface area contributed by atoms with E-state index in [9.17, 15) is 4.79 Å². The quantitative estimate of drug-likeness (QED) is 0.805. The highest BCUT2D eigenvalue weighted by Gasteiger charge is 2.13. The number of thiazole rings is 1. The van der Waals surface area contributed by atoms with E-state index in [4.69, 9.17) is 0 Å². The second-order valence-corrected chi connectivity index (χ2v) is 5.50. The van der Waals surface area contributed by atoms with Gasteiger partial charge in [0.25, 0.3) is 5.91 Å². The lowest BCUT2D eigenvalue weighted by Crippen LogP contribution is -2.12. The van der Waals surface area contributed by atoms with Crippen molar-refractivity contribution < 1.29 is 4.79 Å². The molecule has 2 heterocycles. The minimum absolute atomic E-state index is 0.234. The van der Waals surface area contributed by atoms with Gasteiger partial charge in [0.15, 0.2) is 10.8 Å². The van der Waals surface area contributed by atoms with Gasteiger partial charge in [0, 0.05) is 13.2 Å². The number of carbonyl (C=O) groups excluding carboxylic acids is 1. The zero-order chi connectivity index (χ0) is 14.1. The Hall–Kier alpha value is -2.21. The summed E-state index contributed by atoms with van der Waals surface area (Å²) >= 11 is 1.48. The molecule has 1 amide bonds. The van der Waals surface area contributed by atoms with Gasteiger partial charge in [-0.05, 0) is 24.1 Å². The standard InChI is InChI=1S/C14H14N4OS/c1-3-9-5-4-6-11-12(9)15-14(20-11)16-13(19)10-7-8-18(2)17-10/h4-8H,3H2,1-2H3,(H,15,16,19). The fourth-order valence-corrected chi connectivity index (χ4v) is 2.95. The molecular weight excluding hydrogens is 272 g/mol. The molecule has 0 atom stereocenters. The van der Waals surface area contributed by atoms with Crippen LogP contribution in [0.2, 0.25) is 0 Å². The zero-order valence-electron chi connectivity index (χ0n) is 11.3. The number of anilines is 1. The van der Waals surface area contributed by atoms with Gasteiger partial charge in [-0.15, -0.1) is 0 Å². The van der Waals surface area contributed by atoms with Crippen LogP contribution in [0.1, 0.15) is 23.0 Å². The minimum atomic E-state index is -0.234. The third kappa shape index (κ3) is 2.30. The summed E-state index contributed by atoms with van der Waals surface area (Å²) in [6, 6.07) is 7.78. The van der Waals surface area contributed by atoms with Crippen molar-refractivity contribution >= 4 is 32.6 Å². The Bertz CT molecular complexity index is 774. The number of aryl methyl sites for hydroxylation is 2. The van der Waals surface area contributed by atoms with Crippen LogP contribution >= 0.6 is 11.3 Å². The van der Waals surface area contributed by atoms with Crippen LogP contribution in [-0.2, 0) is 13.5 Å². The lowest BCUT2D eigenvalue weighted by atomic mass is 10.1. The van der Waals surface area contributed by atoms with Gasteiger partial charge < -0.3 is 0 Å². The third-order valence-electron chi connectivity index (χ3n) is 3.05. The Kier molecular flexibility index (Phi) is 3.23. The molecule has 0 saturated heterocycles. The number of aromatic nitrogens is 3. The van der Waals surface area contributed by atoms with Gasteiger partial charge in [0.2, 0.25) is 0 Å². The highest BCUT2D eigenvalue weighted by molar-refractivity contribution is 7.22. The van der Waals surface area contributed by atoms with Crippen LogP contribution in [0.3, 0.4) is 0 Å². The summed E-state index contributed by atoms with van der Waals surface area (Å²) < 4.78 is 2.68. The van der Waals surface area contributed by atoms with Crippen molar-refractivity contribution in [1.82, 2.24) is 14.8 Å². The fourth-order valence-electron chi connectivity index (χ4n) is 2.04. The molecule has 6 heteroatoms. The fraction of sp³-hybridized carbons (Fsp3) is 0.214. The minimum Gasteiger partial charge on any atom is -0.296 e. The molecule has 5 nitrogen and oxygen atoms in total. The van der Waals surface area contributed by atoms with Crippen molar-refractivity contribution in [1.29, 1.82) is 0 Å². The number of nitrogens with one attached hydrogen (secondary N) is 1. The molecular formula is C14H14N4OS. The normalized spacial score (nSPS) is 10.9. The number of amides is 1. The van der Waals surface area contributed by atoms with E-state index in [2.05, 4.69) is 28.4 Å². The van der Waals surface area contributed by atoms with Gasteiger partial charge in [0.05, 0.1) is 10.2 Å².